The Bertz CT molecular complexity index is 1060. The van der Waals surface area contributed by atoms with E-state index >= 15 is 0 Å². The van der Waals surface area contributed by atoms with Gasteiger partial charge in [0.2, 0.25) is 5.88 Å². The Morgan fingerprint density at radius 3 is 2.38 bits per heavy atom. The molecule has 0 amide bonds. The van der Waals surface area contributed by atoms with Crippen molar-refractivity contribution in [1.82, 2.24) is 0 Å². The number of allylic oxidation sites excluding steroid dienone is 3. The molecule has 0 bridgehead atoms. The van der Waals surface area contributed by atoms with Crippen LogP contribution in [0.1, 0.15) is 35.8 Å². The minimum atomic E-state index is -0.534. The van der Waals surface area contributed by atoms with Gasteiger partial charge in [-0.3, -0.25) is 4.79 Å². The van der Waals surface area contributed by atoms with E-state index in [9.17, 15) is 10.1 Å². The molecule has 4 rings (SSSR count). The fraction of sp³-hybridized carbons (Fsp3) is 0.217. The third-order valence-electron chi connectivity index (χ3n) is 5.45. The fourth-order valence-corrected chi connectivity index (χ4v) is 4.13. The number of ketones is 1. The quantitative estimate of drug-likeness (QED) is 0.807. The van der Waals surface area contributed by atoms with Gasteiger partial charge >= 0.3 is 0 Å². The third kappa shape index (κ3) is 3.48. The smallest absolute Gasteiger partial charge is 0.205 e. The number of nitrogens with two attached hydrogens (primary N) is 1. The van der Waals surface area contributed by atoms with Crippen LogP contribution in [0.5, 0.6) is 5.75 Å². The molecule has 2 atom stereocenters. The fourth-order valence-electron chi connectivity index (χ4n) is 4.01. The second-order valence-electron chi connectivity index (χ2n) is 7.11. The Morgan fingerprint density at radius 2 is 1.76 bits per heavy atom. The van der Waals surface area contributed by atoms with Crippen LogP contribution in [0.15, 0.2) is 71.3 Å². The largest absolute Gasteiger partial charge is 0.497 e. The highest BCUT2D eigenvalue weighted by molar-refractivity contribution is 6.30. The molecule has 2 aromatic carbocycles. The minimum absolute atomic E-state index is 0.0218. The summed E-state index contributed by atoms with van der Waals surface area (Å²) in [7, 11) is 1.59. The van der Waals surface area contributed by atoms with Gasteiger partial charge in [-0.05, 0) is 41.3 Å². The van der Waals surface area contributed by atoms with E-state index in [0.717, 1.165) is 11.1 Å². The molecule has 1 aliphatic heterocycles. The van der Waals surface area contributed by atoms with Crippen molar-refractivity contribution in [3.63, 3.8) is 0 Å². The highest BCUT2D eigenvalue weighted by atomic mass is 35.5. The van der Waals surface area contributed by atoms with Gasteiger partial charge in [-0.25, -0.2) is 0 Å². The highest BCUT2D eigenvalue weighted by Gasteiger charge is 2.40. The number of rotatable bonds is 3. The summed E-state index contributed by atoms with van der Waals surface area (Å²) in [5, 5.41) is 10.3. The van der Waals surface area contributed by atoms with Crippen LogP contribution in [-0.2, 0) is 9.53 Å². The van der Waals surface area contributed by atoms with Crippen LogP contribution in [-0.4, -0.2) is 12.9 Å². The van der Waals surface area contributed by atoms with Crippen molar-refractivity contribution in [3.8, 4) is 11.8 Å². The zero-order chi connectivity index (χ0) is 20.5. The third-order valence-corrected chi connectivity index (χ3v) is 5.70. The number of benzene rings is 2. The van der Waals surface area contributed by atoms with Crippen molar-refractivity contribution in [3.05, 3.63) is 87.5 Å². The standard InChI is InChI=1S/C23H19ClN2O3/c1-28-17-8-4-14(5-9-17)21-18(12-25)23(26)29-20-11-15(10-19(27)22(20)21)13-2-6-16(24)7-3-13/h2-9,15,21H,10-11,26H2,1H3/t15-,21+/m1/s1. The molecule has 6 heteroatoms. The van der Waals surface area contributed by atoms with Crippen LogP contribution in [0.25, 0.3) is 0 Å². The minimum Gasteiger partial charge on any atom is -0.497 e. The number of Topliss-reactive ketones (excluding diaryl/α,β-unsaturated/α-hetero) is 1. The van der Waals surface area contributed by atoms with Crippen LogP contribution >= 0.6 is 11.6 Å². The first kappa shape index (κ1) is 19.1. The first-order valence-corrected chi connectivity index (χ1v) is 9.63. The zero-order valence-corrected chi connectivity index (χ0v) is 16.6. The number of methoxy groups -OCH3 is 1. The molecule has 0 spiro atoms. The van der Waals surface area contributed by atoms with E-state index < -0.39 is 5.92 Å². The van der Waals surface area contributed by atoms with E-state index in [1.165, 1.54) is 0 Å². The van der Waals surface area contributed by atoms with Crippen molar-refractivity contribution in [2.45, 2.75) is 24.7 Å². The Balaban J connectivity index is 1.75. The van der Waals surface area contributed by atoms with Crippen molar-refractivity contribution in [2.75, 3.05) is 7.11 Å². The summed E-state index contributed by atoms with van der Waals surface area (Å²) in [6.07, 6.45) is 0.879. The van der Waals surface area contributed by atoms with Crippen molar-refractivity contribution in [1.29, 1.82) is 5.26 Å². The molecule has 2 aromatic rings. The van der Waals surface area contributed by atoms with Gasteiger partial charge in [0.15, 0.2) is 5.78 Å². The van der Waals surface area contributed by atoms with Crippen LogP contribution in [0.2, 0.25) is 5.02 Å². The topological polar surface area (TPSA) is 85.3 Å². The lowest BCUT2D eigenvalue weighted by molar-refractivity contribution is -0.117. The Labute approximate surface area is 174 Å². The molecule has 29 heavy (non-hydrogen) atoms. The number of halogens is 1. The molecule has 146 valence electrons. The summed E-state index contributed by atoms with van der Waals surface area (Å²) in [5.41, 5.74) is 8.68. The number of carbonyl (C=O) groups excluding carboxylic acids is 1. The van der Waals surface area contributed by atoms with Gasteiger partial charge < -0.3 is 15.2 Å². The second-order valence-corrected chi connectivity index (χ2v) is 7.55. The molecule has 2 N–H and O–H groups in total. The highest BCUT2D eigenvalue weighted by Crippen LogP contribution is 2.46. The molecule has 0 saturated heterocycles. The number of nitrogens with zero attached hydrogens (tertiary/aromatic N) is 1. The average Bonchev–Trinajstić information content (AvgIpc) is 2.73. The van der Waals surface area contributed by atoms with Gasteiger partial charge in [-0.15, -0.1) is 0 Å². The molecule has 1 heterocycles. The van der Waals surface area contributed by atoms with Gasteiger partial charge in [0.25, 0.3) is 0 Å². The Hall–Kier alpha value is -3.23. The zero-order valence-electron chi connectivity index (χ0n) is 15.8. The van der Waals surface area contributed by atoms with E-state index in [2.05, 4.69) is 6.07 Å². The summed E-state index contributed by atoms with van der Waals surface area (Å²) >= 11 is 5.99. The van der Waals surface area contributed by atoms with Gasteiger partial charge in [-0.2, -0.15) is 5.26 Å². The maximum absolute atomic E-state index is 13.2. The van der Waals surface area contributed by atoms with Gasteiger partial charge in [-0.1, -0.05) is 35.9 Å². The van der Waals surface area contributed by atoms with Crippen LogP contribution in [0.3, 0.4) is 0 Å². The summed E-state index contributed by atoms with van der Waals surface area (Å²) in [4.78, 5) is 13.2. The van der Waals surface area contributed by atoms with E-state index in [-0.39, 0.29) is 23.2 Å². The van der Waals surface area contributed by atoms with Gasteiger partial charge in [0, 0.05) is 23.4 Å². The van der Waals surface area contributed by atoms with Crippen molar-refractivity contribution >= 4 is 17.4 Å². The van der Waals surface area contributed by atoms with Crippen molar-refractivity contribution in [2.24, 2.45) is 5.73 Å². The summed E-state index contributed by atoms with van der Waals surface area (Å²) in [6, 6.07) is 16.9. The van der Waals surface area contributed by atoms with Crippen molar-refractivity contribution < 1.29 is 14.3 Å². The summed E-state index contributed by atoms with van der Waals surface area (Å²) < 4.78 is 11.0. The van der Waals surface area contributed by atoms with E-state index in [0.29, 0.717) is 34.9 Å². The maximum atomic E-state index is 13.2. The molecule has 0 saturated carbocycles. The van der Waals surface area contributed by atoms with E-state index in [1.807, 2.05) is 36.4 Å². The number of hydrogen-bond donors (Lipinski definition) is 1. The first-order valence-electron chi connectivity index (χ1n) is 9.25. The molecule has 5 nitrogen and oxygen atoms in total. The van der Waals surface area contributed by atoms with Gasteiger partial charge in [0.1, 0.15) is 23.2 Å². The monoisotopic (exact) mass is 406 g/mol. The average molecular weight is 407 g/mol. The maximum Gasteiger partial charge on any atom is 0.205 e. The molecular formula is C23H19ClN2O3. The summed E-state index contributed by atoms with van der Waals surface area (Å²) in [6.45, 7) is 0. The van der Waals surface area contributed by atoms with Crippen LogP contribution in [0, 0.1) is 11.3 Å². The molecular weight excluding hydrogens is 388 g/mol. The number of carbonyl (C=O) groups is 1. The second kappa shape index (κ2) is 7.65. The first-order chi connectivity index (χ1) is 14.0. The molecule has 0 radical (unpaired) electrons. The number of hydrogen-bond acceptors (Lipinski definition) is 5. The normalized spacial score (nSPS) is 21.3. The van der Waals surface area contributed by atoms with Crippen LogP contribution in [0.4, 0.5) is 0 Å². The van der Waals surface area contributed by atoms with E-state index in [4.69, 9.17) is 26.8 Å². The lowest BCUT2D eigenvalue weighted by Crippen LogP contribution is -2.29. The molecule has 0 unspecified atom stereocenters. The Kier molecular flexibility index (Phi) is 5.04. The van der Waals surface area contributed by atoms with Gasteiger partial charge in [0.05, 0.1) is 13.0 Å². The SMILES string of the molecule is COc1ccc([C@H]2C(C#N)=C(N)OC3=C2C(=O)C[C@@H](c2ccc(Cl)cc2)C3)cc1. The predicted octanol–water partition coefficient (Wildman–Crippen LogP) is 4.56. The number of nitriles is 1. The molecule has 0 fully saturated rings. The summed E-state index contributed by atoms with van der Waals surface area (Å²) in [5.74, 6) is 0.699. The Morgan fingerprint density at radius 1 is 1.10 bits per heavy atom. The number of ether oxygens (including phenoxy) is 2. The lowest BCUT2D eigenvalue weighted by Gasteiger charge is -2.34. The molecule has 0 aromatic heterocycles. The predicted molar refractivity (Wildman–Crippen MR) is 109 cm³/mol. The van der Waals surface area contributed by atoms with E-state index in [1.54, 1.807) is 19.2 Å². The van der Waals surface area contributed by atoms with Crippen LogP contribution < -0.4 is 10.5 Å². The lowest BCUT2D eigenvalue weighted by atomic mass is 9.73. The molecule has 2 aliphatic rings. The molecule has 1 aliphatic carbocycles.